The maximum absolute atomic E-state index is 12.0. The van der Waals surface area contributed by atoms with Gasteiger partial charge >= 0.3 is 0 Å². The summed E-state index contributed by atoms with van der Waals surface area (Å²) >= 11 is 0. The first-order valence-corrected chi connectivity index (χ1v) is 8.50. The second-order valence-electron chi connectivity index (χ2n) is 6.36. The summed E-state index contributed by atoms with van der Waals surface area (Å²) in [7, 11) is 0. The van der Waals surface area contributed by atoms with Gasteiger partial charge in [-0.15, -0.1) is 0 Å². The van der Waals surface area contributed by atoms with E-state index in [-0.39, 0.29) is 18.6 Å². The summed E-state index contributed by atoms with van der Waals surface area (Å²) in [4.78, 5) is 20.3. The zero-order valence-electron chi connectivity index (χ0n) is 14.4. The van der Waals surface area contributed by atoms with Gasteiger partial charge in [0.05, 0.1) is 12.2 Å². The van der Waals surface area contributed by atoms with E-state index in [4.69, 9.17) is 4.74 Å². The molecule has 26 heavy (non-hydrogen) atoms. The molecular weight excluding hydrogens is 330 g/mol. The molecule has 0 radical (unpaired) electrons. The maximum Gasteiger partial charge on any atom is 0.241 e. The van der Waals surface area contributed by atoms with E-state index in [1.807, 2.05) is 37.4 Å². The molecule has 0 saturated carbocycles. The number of carbonyl (C=O) groups excluding carboxylic acids is 1. The number of fused-ring (bicyclic) bond motifs is 1. The second-order valence-corrected chi connectivity index (χ2v) is 6.36. The van der Waals surface area contributed by atoms with Gasteiger partial charge in [-0.05, 0) is 30.2 Å². The van der Waals surface area contributed by atoms with Crippen LogP contribution in [0.15, 0.2) is 49.2 Å². The Hall–Kier alpha value is -3.22. The van der Waals surface area contributed by atoms with Crippen LogP contribution in [0.4, 0.5) is 0 Å². The van der Waals surface area contributed by atoms with E-state index >= 15 is 0 Å². The predicted octanol–water partition coefficient (Wildman–Crippen LogP) is 1.77. The fourth-order valence-corrected chi connectivity index (χ4v) is 3.03. The SMILES string of the molecule is Cc1ccc(-c2cccc3c2OC(CNC(=O)Cn2cncn2)C3)nc1. The van der Waals surface area contributed by atoms with Gasteiger partial charge in [0.15, 0.2) is 0 Å². The van der Waals surface area contributed by atoms with Crippen molar-refractivity contribution in [3.63, 3.8) is 0 Å². The van der Waals surface area contributed by atoms with Crippen LogP contribution in [-0.4, -0.2) is 38.3 Å². The van der Waals surface area contributed by atoms with Crippen molar-refractivity contribution >= 4 is 5.91 Å². The first-order chi connectivity index (χ1) is 12.7. The van der Waals surface area contributed by atoms with Gasteiger partial charge < -0.3 is 10.1 Å². The lowest BCUT2D eigenvalue weighted by atomic mass is 10.0. The van der Waals surface area contributed by atoms with E-state index < -0.39 is 0 Å². The van der Waals surface area contributed by atoms with Gasteiger partial charge in [0, 0.05) is 18.2 Å². The molecule has 1 amide bonds. The van der Waals surface area contributed by atoms with Gasteiger partial charge in [0.1, 0.15) is 31.1 Å². The van der Waals surface area contributed by atoms with Crippen LogP contribution < -0.4 is 10.1 Å². The number of carbonyl (C=O) groups is 1. The molecule has 4 rings (SSSR count). The highest BCUT2D eigenvalue weighted by Gasteiger charge is 2.26. The number of rotatable bonds is 5. The Balaban J connectivity index is 1.42. The normalized spacial score (nSPS) is 15.3. The molecule has 0 fully saturated rings. The molecular formula is C19H19N5O2. The van der Waals surface area contributed by atoms with E-state index in [0.29, 0.717) is 6.54 Å². The van der Waals surface area contributed by atoms with Crippen molar-refractivity contribution in [2.45, 2.75) is 26.0 Å². The molecule has 0 saturated heterocycles. The van der Waals surface area contributed by atoms with E-state index in [2.05, 4.69) is 26.4 Å². The standard InChI is InChI=1S/C19H19N5O2/c1-13-5-6-17(21-8-13)16-4-2-3-14-7-15(26-19(14)16)9-22-18(25)10-24-12-20-11-23-24/h2-6,8,11-12,15H,7,9-10H2,1H3,(H,22,25). The van der Waals surface area contributed by atoms with Gasteiger partial charge in [-0.1, -0.05) is 18.2 Å². The lowest BCUT2D eigenvalue weighted by Gasteiger charge is -2.13. The molecule has 3 aromatic rings. The molecule has 7 nitrogen and oxygen atoms in total. The van der Waals surface area contributed by atoms with Crippen molar-refractivity contribution in [1.82, 2.24) is 25.1 Å². The van der Waals surface area contributed by atoms with Crippen LogP contribution in [0.2, 0.25) is 0 Å². The van der Waals surface area contributed by atoms with E-state index in [1.165, 1.54) is 17.3 Å². The summed E-state index contributed by atoms with van der Waals surface area (Å²) in [6.45, 7) is 2.61. The van der Waals surface area contributed by atoms with E-state index in [9.17, 15) is 4.79 Å². The van der Waals surface area contributed by atoms with Gasteiger partial charge in [-0.2, -0.15) is 5.10 Å². The first-order valence-electron chi connectivity index (χ1n) is 8.50. The average Bonchev–Trinajstić information content (AvgIpc) is 3.29. The van der Waals surface area contributed by atoms with Crippen LogP contribution in [0.1, 0.15) is 11.1 Å². The van der Waals surface area contributed by atoms with Crippen molar-refractivity contribution < 1.29 is 9.53 Å². The number of hydrogen-bond acceptors (Lipinski definition) is 5. The van der Waals surface area contributed by atoms with E-state index in [1.54, 1.807) is 0 Å². The monoisotopic (exact) mass is 349 g/mol. The molecule has 132 valence electrons. The predicted molar refractivity (Wildman–Crippen MR) is 95.6 cm³/mol. The molecule has 1 N–H and O–H groups in total. The molecule has 2 aromatic heterocycles. The molecule has 1 unspecified atom stereocenters. The molecule has 1 aliphatic heterocycles. The maximum atomic E-state index is 12.0. The average molecular weight is 349 g/mol. The van der Waals surface area contributed by atoms with Gasteiger partial charge in [0.2, 0.25) is 5.91 Å². The molecule has 1 aromatic carbocycles. The number of amides is 1. The Labute approximate surface area is 151 Å². The largest absolute Gasteiger partial charge is 0.487 e. The zero-order chi connectivity index (χ0) is 17.9. The highest BCUT2D eigenvalue weighted by molar-refractivity contribution is 5.75. The van der Waals surface area contributed by atoms with Crippen molar-refractivity contribution in [1.29, 1.82) is 0 Å². The molecule has 0 aliphatic carbocycles. The summed E-state index contributed by atoms with van der Waals surface area (Å²) in [5.41, 5.74) is 4.14. The molecule has 0 spiro atoms. The summed E-state index contributed by atoms with van der Waals surface area (Å²) in [6.07, 6.45) is 5.45. The summed E-state index contributed by atoms with van der Waals surface area (Å²) in [6, 6.07) is 10.1. The number of hydrogen-bond donors (Lipinski definition) is 1. The number of nitrogens with one attached hydrogen (secondary N) is 1. The highest BCUT2D eigenvalue weighted by atomic mass is 16.5. The third-order valence-corrected chi connectivity index (χ3v) is 4.32. The van der Waals surface area contributed by atoms with Gasteiger partial charge in [-0.25, -0.2) is 9.67 Å². The van der Waals surface area contributed by atoms with Crippen molar-refractivity contribution in [2.75, 3.05) is 6.54 Å². The van der Waals surface area contributed by atoms with Crippen LogP contribution in [0.25, 0.3) is 11.3 Å². The Kier molecular flexibility index (Phi) is 4.35. The molecule has 0 bridgehead atoms. The lowest BCUT2D eigenvalue weighted by molar-refractivity contribution is -0.122. The molecule has 1 aliphatic rings. The molecule has 7 heteroatoms. The third kappa shape index (κ3) is 3.42. The number of aromatic nitrogens is 4. The third-order valence-electron chi connectivity index (χ3n) is 4.32. The molecule has 1 atom stereocenters. The Morgan fingerprint density at radius 1 is 1.35 bits per heavy atom. The van der Waals surface area contributed by atoms with Crippen LogP contribution in [0.3, 0.4) is 0 Å². The smallest absolute Gasteiger partial charge is 0.241 e. The second kappa shape index (κ2) is 6.95. The van der Waals surface area contributed by atoms with Crippen molar-refractivity contribution in [3.05, 3.63) is 60.3 Å². The van der Waals surface area contributed by atoms with E-state index in [0.717, 1.165) is 34.6 Å². The van der Waals surface area contributed by atoms with Crippen LogP contribution in [0.5, 0.6) is 5.75 Å². The summed E-state index contributed by atoms with van der Waals surface area (Å²) in [5.74, 6) is 0.745. The summed E-state index contributed by atoms with van der Waals surface area (Å²) < 4.78 is 7.61. The Bertz CT molecular complexity index is 906. The number of pyridine rings is 1. The van der Waals surface area contributed by atoms with Gasteiger partial charge in [-0.3, -0.25) is 9.78 Å². The Morgan fingerprint density at radius 2 is 2.27 bits per heavy atom. The minimum absolute atomic E-state index is 0.0868. The van der Waals surface area contributed by atoms with Gasteiger partial charge in [0.25, 0.3) is 0 Å². The number of aryl methyl sites for hydroxylation is 1. The van der Waals surface area contributed by atoms with Crippen molar-refractivity contribution in [3.8, 4) is 17.0 Å². The fourth-order valence-electron chi connectivity index (χ4n) is 3.03. The van der Waals surface area contributed by atoms with Crippen LogP contribution in [-0.2, 0) is 17.8 Å². The zero-order valence-corrected chi connectivity index (χ0v) is 14.4. The topological polar surface area (TPSA) is 81.9 Å². The number of nitrogens with zero attached hydrogens (tertiary/aromatic N) is 4. The van der Waals surface area contributed by atoms with Crippen LogP contribution in [0, 0.1) is 6.92 Å². The number of benzene rings is 1. The number of para-hydroxylation sites is 1. The minimum atomic E-state index is -0.115. The number of ether oxygens (including phenoxy) is 1. The lowest BCUT2D eigenvalue weighted by Crippen LogP contribution is -2.36. The summed E-state index contributed by atoms with van der Waals surface area (Å²) in [5, 5.41) is 6.82. The Morgan fingerprint density at radius 3 is 3.04 bits per heavy atom. The van der Waals surface area contributed by atoms with Crippen molar-refractivity contribution in [2.24, 2.45) is 0 Å². The highest BCUT2D eigenvalue weighted by Crippen LogP contribution is 2.37. The molecule has 3 heterocycles. The first kappa shape index (κ1) is 16.3. The minimum Gasteiger partial charge on any atom is -0.487 e. The quantitative estimate of drug-likeness (QED) is 0.759. The fraction of sp³-hybridized carbons (Fsp3) is 0.263. The van der Waals surface area contributed by atoms with Crippen LogP contribution >= 0.6 is 0 Å².